The number of alkyl halides is 3. The maximum Gasteiger partial charge on any atom is 0.416 e. The van der Waals surface area contributed by atoms with E-state index in [0.29, 0.717) is 34.9 Å². The first-order chi connectivity index (χ1) is 20.4. The topological polar surface area (TPSA) is 110 Å². The minimum Gasteiger partial charge on any atom is -0.493 e. The van der Waals surface area contributed by atoms with Crippen molar-refractivity contribution in [3.8, 4) is 17.2 Å². The smallest absolute Gasteiger partial charge is 0.416 e. The van der Waals surface area contributed by atoms with E-state index in [4.69, 9.17) is 9.15 Å². The van der Waals surface area contributed by atoms with Gasteiger partial charge in [0.25, 0.3) is 0 Å². The van der Waals surface area contributed by atoms with Crippen molar-refractivity contribution < 1.29 is 40.6 Å². The van der Waals surface area contributed by atoms with E-state index in [1.54, 1.807) is 12.1 Å². The monoisotopic (exact) mass is 614 g/mol. The summed E-state index contributed by atoms with van der Waals surface area (Å²) in [6.07, 6.45) is -3.79. The van der Waals surface area contributed by atoms with Crippen LogP contribution in [0.2, 0.25) is 0 Å². The number of aromatic nitrogens is 1. The van der Waals surface area contributed by atoms with E-state index in [1.165, 1.54) is 4.31 Å². The third kappa shape index (κ3) is 6.75. The van der Waals surface area contributed by atoms with Gasteiger partial charge in [-0.05, 0) is 73.4 Å². The van der Waals surface area contributed by atoms with Gasteiger partial charge < -0.3 is 14.3 Å². The summed E-state index contributed by atoms with van der Waals surface area (Å²) in [7, 11) is -4.12. The zero-order chi connectivity index (χ0) is 30.8. The van der Waals surface area contributed by atoms with E-state index in [-0.39, 0.29) is 43.9 Å². The number of hydrogen-bond donors (Lipinski definition) is 1. The predicted molar refractivity (Wildman–Crippen MR) is 151 cm³/mol. The van der Waals surface area contributed by atoms with E-state index in [2.05, 4.69) is 4.98 Å². The minimum atomic E-state index is -4.58. The van der Waals surface area contributed by atoms with Crippen molar-refractivity contribution in [2.75, 3.05) is 13.2 Å². The van der Waals surface area contributed by atoms with E-state index >= 15 is 0 Å². The summed E-state index contributed by atoms with van der Waals surface area (Å²) < 4.78 is 79.0. The van der Waals surface area contributed by atoms with E-state index in [9.17, 15) is 31.5 Å². The van der Waals surface area contributed by atoms with Gasteiger partial charge in [-0.25, -0.2) is 13.4 Å². The van der Waals surface area contributed by atoms with E-state index in [1.807, 2.05) is 37.3 Å². The van der Waals surface area contributed by atoms with Crippen LogP contribution < -0.4 is 4.74 Å². The molecule has 1 aromatic heterocycles. The van der Waals surface area contributed by atoms with Gasteiger partial charge in [-0.2, -0.15) is 17.5 Å². The molecule has 0 saturated carbocycles. The van der Waals surface area contributed by atoms with Crippen LogP contribution in [0.5, 0.6) is 5.75 Å². The number of carboxylic acids is 1. The lowest BCUT2D eigenvalue weighted by molar-refractivity contribution is -0.138. The fourth-order valence-electron chi connectivity index (χ4n) is 5.09. The highest BCUT2D eigenvalue weighted by Crippen LogP contribution is 2.35. The standard InChI is InChI=1S/C31H29F3N2O6S/c1-20-27(35-30(42-20)22-5-3-2-4-6-22)16-18-41-28-13-7-21(8-14-29(37)38)26-19-36(17-15-25(26)28)43(39,40)24-11-9-23(10-12-24)31(32,33)34/h2-7,9-13H,8,14-19H2,1H3,(H,37,38). The van der Waals surface area contributed by atoms with Gasteiger partial charge in [0.2, 0.25) is 15.9 Å². The molecule has 12 heteroatoms. The van der Waals surface area contributed by atoms with Crippen LogP contribution in [0.3, 0.4) is 0 Å². The summed E-state index contributed by atoms with van der Waals surface area (Å²) in [5, 5.41) is 9.24. The summed E-state index contributed by atoms with van der Waals surface area (Å²) in [6, 6.07) is 16.4. The lowest BCUT2D eigenvalue weighted by Gasteiger charge is -2.31. The molecule has 226 valence electrons. The lowest BCUT2D eigenvalue weighted by Crippen LogP contribution is -2.36. The summed E-state index contributed by atoms with van der Waals surface area (Å²) in [5.41, 5.74) is 2.77. The Bertz CT molecular complexity index is 1720. The molecule has 0 aliphatic carbocycles. The molecule has 1 aliphatic heterocycles. The van der Waals surface area contributed by atoms with E-state index in [0.717, 1.165) is 41.1 Å². The second-order valence-electron chi connectivity index (χ2n) is 10.2. The van der Waals surface area contributed by atoms with Gasteiger partial charge in [-0.1, -0.05) is 24.3 Å². The molecule has 0 saturated heterocycles. The highest BCUT2D eigenvalue weighted by atomic mass is 32.2. The van der Waals surface area contributed by atoms with Crippen molar-refractivity contribution in [1.82, 2.24) is 9.29 Å². The molecule has 0 bridgehead atoms. The molecule has 5 rings (SSSR count). The number of aryl methyl sites for hydroxylation is 2. The van der Waals surface area contributed by atoms with Crippen molar-refractivity contribution in [2.45, 2.75) is 50.2 Å². The fourth-order valence-corrected chi connectivity index (χ4v) is 6.49. The second-order valence-corrected chi connectivity index (χ2v) is 12.1. The van der Waals surface area contributed by atoms with Crippen LogP contribution in [0.25, 0.3) is 11.5 Å². The maximum absolute atomic E-state index is 13.4. The van der Waals surface area contributed by atoms with Crippen LogP contribution in [-0.2, 0) is 46.8 Å². The molecule has 0 radical (unpaired) electrons. The van der Waals surface area contributed by atoms with Gasteiger partial charge in [0.05, 0.1) is 22.8 Å². The second kappa shape index (κ2) is 12.2. The normalized spacial score (nSPS) is 14.0. The van der Waals surface area contributed by atoms with Crippen LogP contribution in [-0.4, -0.2) is 41.9 Å². The van der Waals surface area contributed by atoms with Crippen molar-refractivity contribution >= 4 is 16.0 Å². The highest BCUT2D eigenvalue weighted by molar-refractivity contribution is 7.89. The van der Waals surface area contributed by atoms with E-state index < -0.39 is 27.7 Å². The summed E-state index contributed by atoms with van der Waals surface area (Å²) >= 11 is 0. The van der Waals surface area contributed by atoms with Gasteiger partial charge in [0, 0.05) is 37.1 Å². The Labute approximate surface area is 246 Å². The molecule has 0 atom stereocenters. The summed E-state index contributed by atoms with van der Waals surface area (Å²) in [4.78, 5) is 15.6. The largest absolute Gasteiger partial charge is 0.493 e. The van der Waals surface area contributed by atoms with Crippen LogP contribution in [0.1, 0.15) is 40.1 Å². The quantitative estimate of drug-likeness (QED) is 0.231. The first kappa shape index (κ1) is 30.3. The number of rotatable bonds is 10. The molecule has 1 aliphatic rings. The van der Waals surface area contributed by atoms with Crippen molar-refractivity contribution in [1.29, 1.82) is 0 Å². The van der Waals surface area contributed by atoms with Crippen LogP contribution in [0.15, 0.2) is 76.0 Å². The number of halogens is 3. The number of hydrogen-bond acceptors (Lipinski definition) is 6. The molecule has 0 spiro atoms. The SMILES string of the molecule is Cc1oc(-c2ccccc2)nc1CCOc1ccc(CCC(=O)O)c2c1CCN(S(=O)(=O)c1ccc(C(F)(F)F)cc1)C2. The summed E-state index contributed by atoms with van der Waals surface area (Å²) in [6.45, 7) is 2.13. The first-order valence-electron chi connectivity index (χ1n) is 13.6. The molecule has 8 nitrogen and oxygen atoms in total. The molecule has 1 N–H and O–H groups in total. The number of ether oxygens (including phenoxy) is 1. The molecule has 0 unspecified atom stereocenters. The average Bonchev–Trinajstić information content (AvgIpc) is 3.36. The predicted octanol–water partition coefficient (Wildman–Crippen LogP) is 6.05. The number of carbonyl (C=O) groups is 1. The molecule has 43 heavy (non-hydrogen) atoms. The van der Waals surface area contributed by atoms with Gasteiger partial charge in [0.1, 0.15) is 11.5 Å². The van der Waals surface area contributed by atoms with Crippen LogP contribution in [0.4, 0.5) is 13.2 Å². The van der Waals surface area contributed by atoms with Crippen LogP contribution >= 0.6 is 0 Å². The average molecular weight is 615 g/mol. The molecule has 4 aromatic rings. The molecular formula is C31H29F3N2O6S. The van der Waals surface area contributed by atoms with Gasteiger partial charge in [0.15, 0.2) is 0 Å². The Morgan fingerprint density at radius 3 is 2.42 bits per heavy atom. The molecule has 3 aromatic carbocycles. The Morgan fingerprint density at radius 1 is 1.02 bits per heavy atom. The number of carboxylic acid groups (broad SMARTS) is 1. The van der Waals surface area contributed by atoms with Crippen LogP contribution in [0, 0.1) is 6.92 Å². The molecule has 0 amide bonds. The molecular weight excluding hydrogens is 585 g/mol. The highest BCUT2D eigenvalue weighted by Gasteiger charge is 2.34. The third-order valence-corrected chi connectivity index (χ3v) is 9.23. The Morgan fingerprint density at radius 2 is 1.74 bits per heavy atom. The number of benzene rings is 3. The summed E-state index contributed by atoms with van der Waals surface area (Å²) in [5.74, 6) is 0.766. The van der Waals surface area contributed by atoms with Gasteiger partial charge in [-0.15, -0.1) is 0 Å². The molecule has 2 heterocycles. The Hall–Kier alpha value is -4.16. The zero-order valence-electron chi connectivity index (χ0n) is 23.2. The maximum atomic E-state index is 13.4. The van der Waals surface area contributed by atoms with Crippen molar-refractivity contribution in [3.05, 3.63) is 100 Å². The zero-order valence-corrected chi connectivity index (χ0v) is 24.0. The number of nitrogens with zero attached hydrogens (tertiary/aromatic N) is 2. The van der Waals surface area contributed by atoms with Gasteiger partial charge >= 0.3 is 12.1 Å². The third-order valence-electron chi connectivity index (χ3n) is 7.37. The van der Waals surface area contributed by atoms with Gasteiger partial charge in [-0.3, -0.25) is 4.79 Å². The lowest BCUT2D eigenvalue weighted by atomic mass is 9.92. The van der Waals surface area contributed by atoms with Crippen molar-refractivity contribution in [3.63, 3.8) is 0 Å². The fraction of sp³-hybridized carbons (Fsp3) is 0.290. The number of fused-ring (bicyclic) bond motifs is 1. The molecule has 0 fully saturated rings. The van der Waals surface area contributed by atoms with Crippen molar-refractivity contribution in [2.24, 2.45) is 0 Å². The number of aliphatic carboxylic acids is 1. The Balaban J connectivity index is 1.35. The first-order valence-corrected chi connectivity index (χ1v) is 15.0. The minimum absolute atomic E-state index is 0.0618. The Kier molecular flexibility index (Phi) is 8.61. The number of oxazole rings is 1. The number of sulfonamides is 1.